The van der Waals surface area contributed by atoms with Crippen LogP contribution in [0.3, 0.4) is 0 Å². The Hall–Kier alpha value is -1.09. The van der Waals surface area contributed by atoms with Crippen molar-refractivity contribution in [2.75, 3.05) is 11.9 Å². The summed E-state index contributed by atoms with van der Waals surface area (Å²) in [7, 11) is 2.14. The number of hydrogen-bond acceptors (Lipinski definition) is 3. The van der Waals surface area contributed by atoms with Gasteiger partial charge in [-0.2, -0.15) is 0 Å². The Kier molecular flexibility index (Phi) is 3.21. The Balaban J connectivity index is 2.19. The molecule has 0 aromatic carbocycles. The van der Waals surface area contributed by atoms with Crippen molar-refractivity contribution < 1.29 is 0 Å². The molecule has 1 aromatic rings. The van der Waals surface area contributed by atoms with E-state index in [1.165, 1.54) is 25.7 Å². The Morgan fingerprint density at radius 1 is 1.47 bits per heavy atom. The number of pyridine rings is 1. The Morgan fingerprint density at radius 2 is 2.20 bits per heavy atom. The van der Waals surface area contributed by atoms with Gasteiger partial charge in [0.25, 0.3) is 0 Å². The first-order valence-electron chi connectivity index (χ1n) is 5.69. The van der Waals surface area contributed by atoms with Gasteiger partial charge in [0.2, 0.25) is 0 Å². The minimum atomic E-state index is 0.570. The average Bonchev–Trinajstić information content (AvgIpc) is 2.81. The third-order valence-corrected chi connectivity index (χ3v) is 3.29. The third kappa shape index (κ3) is 2.12. The molecule has 15 heavy (non-hydrogen) atoms. The highest BCUT2D eigenvalue weighted by Crippen LogP contribution is 2.27. The van der Waals surface area contributed by atoms with E-state index in [2.05, 4.69) is 23.0 Å². The molecule has 2 rings (SSSR count). The topological polar surface area (TPSA) is 42.2 Å². The molecule has 0 bridgehead atoms. The van der Waals surface area contributed by atoms with Gasteiger partial charge in [0.15, 0.2) is 0 Å². The lowest BCUT2D eigenvalue weighted by atomic mass is 10.2. The molecule has 82 valence electrons. The van der Waals surface area contributed by atoms with Gasteiger partial charge in [-0.05, 0) is 18.9 Å². The van der Waals surface area contributed by atoms with Gasteiger partial charge in [-0.25, -0.2) is 4.98 Å². The maximum absolute atomic E-state index is 5.72. The second-order valence-electron chi connectivity index (χ2n) is 4.24. The molecule has 1 aliphatic carbocycles. The molecule has 0 unspecified atom stereocenters. The van der Waals surface area contributed by atoms with Crippen LogP contribution in [0, 0.1) is 0 Å². The molecule has 0 aliphatic heterocycles. The van der Waals surface area contributed by atoms with E-state index in [4.69, 9.17) is 5.73 Å². The maximum atomic E-state index is 5.72. The summed E-state index contributed by atoms with van der Waals surface area (Å²) >= 11 is 0. The summed E-state index contributed by atoms with van der Waals surface area (Å²) in [5.74, 6) is 1.06. The highest BCUT2D eigenvalue weighted by atomic mass is 15.2. The summed E-state index contributed by atoms with van der Waals surface area (Å²) in [6.07, 6.45) is 7.12. The predicted molar refractivity (Wildman–Crippen MR) is 62.8 cm³/mol. The summed E-state index contributed by atoms with van der Waals surface area (Å²) in [5, 5.41) is 0. The van der Waals surface area contributed by atoms with E-state index >= 15 is 0 Å². The standard InChI is InChI=1S/C12H19N3/c1-15(11-6-2-3-7-11)12-10(9-13)5-4-8-14-12/h4-5,8,11H,2-3,6-7,9,13H2,1H3. The summed E-state index contributed by atoms with van der Waals surface area (Å²) in [6, 6.07) is 4.67. The second-order valence-corrected chi connectivity index (χ2v) is 4.24. The number of anilines is 1. The van der Waals surface area contributed by atoms with Crippen molar-refractivity contribution in [1.82, 2.24) is 4.98 Å². The van der Waals surface area contributed by atoms with Gasteiger partial charge in [0.05, 0.1) is 0 Å². The molecule has 0 amide bonds. The minimum Gasteiger partial charge on any atom is -0.356 e. The van der Waals surface area contributed by atoms with Crippen LogP contribution >= 0.6 is 0 Å². The number of hydrogen-bond donors (Lipinski definition) is 1. The van der Waals surface area contributed by atoms with Crippen molar-refractivity contribution in [3.63, 3.8) is 0 Å². The van der Waals surface area contributed by atoms with Crippen molar-refractivity contribution in [2.45, 2.75) is 38.3 Å². The molecule has 0 saturated heterocycles. The molecule has 1 aromatic heterocycles. The smallest absolute Gasteiger partial charge is 0.132 e. The SMILES string of the molecule is CN(c1ncccc1CN)C1CCCC1. The largest absolute Gasteiger partial charge is 0.356 e. The molecule has 1 saturated carbocycles. The summed E-state index contributed by atoms with van der Waals surface area (Å²) in [6.45, 7) is 0.570. The number of rotatable bonds is 3. The molecule has 2 N–H and O–H groups in total. The van der Waals surface area contributed by atoms with Crippen LogP contribution in [-0.2, 0) is 6.54 Å². The van der Waals surface area contributed by atoms with E-state index in [0.29, 0.717) is 12.6 Å². The first-order chi connectivity index (χ1) is 7.33. The molecular weight excluding hydrogens is 186 g/mol. The van der Waals surface area contributed by atoms with Crippen molar-refractivity contribution >= 4 is 5.82 Å². The van der Waals surface area contributed by atoms with Crippen molar-refractivity contribution in [3.8, 4) is 0 Å². The molecule has 0 atom stereocenters. The lowest BCUT2D eigenvalue weighted by molar-refractivity contribution is 0.643. The van der Waals surface area contributed by atoms with Gasteiger partial charge in [-0.1, -0.05) is 18.9 Å². The quantitative estimate of drug-likeness (QED) is 0.819. The average molecular weight is 205 g/mol. The van der Waals surface area contributed by atoms with Gasteiger partial charge in [0, 0.05) is 31.4 Å². The van der Waals surface area contributed by atoms with Gasteiger partial charge >= 0.3 is 0 Å². The molecule has 0 spiro atoms. The summed E-state index contributed by atoms with van der Waals surface area (Å²) in [4.78, 5) is 6.74. The van der Waals surface area contributed by atoms with Gasteiger partial charge in [-0.15, -0.1) is 0 Å². The fourth-order valence-corrected chi connectivity index (χ4v) is 2.37. The van der Waals surface area contributed by atoms with E-state index in [9.17, 15) is 0 Å². The van der Waals surface area contributed by atoms with Crippen LogP contribution in [0.1, 0.15) is 31.2 Å². The number of aromatic nitrogens is 1. The van der Waals surface area contributed by atoms with Crippen molar-refractivity contribution in [2.24, 2.45) is 5.73 Å². The zero-order valence-corrected chi connectivity index (χ0v) is 9.32. The highest BCUT2D eigenvalue weighted by molar-refractivity contribution is 5.46. The molecule has 0 radical (unpaired) electrons. The molecule has 1 heterocycles. The van der Waals surface area contributed by atoms with Crippen LogP contribution in [0.5, 0.6) is 0 Å². The fourth-order valence-electron chi connectivity index (χ4n) is 2.37. The summed E-state index contributed by atoms with van der Waals surface area (Å²) < 4.78 is 0. The first kappa shape index (κ1) is 10.4. The van der Waals surface area contributed by atoms with Crippen LogP contribution < -0.4 is 10.6 Å². The van der Waals surface area contributed by atoms with Crippen molar-refractivity contribution in [3.05, 3.63) is 23.9 Å². The normalized spacial score (nSPS) is 16.9. The number of nitrogens with two attached hydrogens (primary N) is 1. The lowest BCUT2D eigenvalue weighted by Gasteiger charge is -2.27. The first-order valence-corrected chi connectivity index (χ1v) is 5.69. The molecule has 1 fully saturated rings. The van der Waals surface area contributed by atoms with E-state index in [1.54, 1.807) is 0 Å². The monoisotopic (exact) mass is 205 g/mol. The zero-order chi connectivity index (χ0) is 10.7. The van der Waals surface area contributed by atoms with Crippen molar-refractivity contribution in [1.29, 1.82) is 0 Å². The van der Waals surface area contributed by atoms with E-state index in [-0.39, 0.29) is 0 Å². The van der Waals surface area contributed by atoms with Gasteiger partial charge < -0.3 is 10.6 Å². The van der Waals surface area contributed by atoms with E-state index < -0.39 is 0 Å². The lowest BCUT2D eigenvalue weighted by Crippen LogP contribution is -2.30. The van der Waals surface area contributed by atoms with Crippen LogP contribution in [-0.4, -0.2) is 18.1 Å². The molecule has 3 nitrogen and oxygen atoms in total. The molecule has 1 aliphatic rings. The Labute approximate surface area is 91.3 Å². The second kappa shape index (κ2) is 4.62. The zero-order valence-electron chi connectivity index (χ0n) is 9.32. The molecular formula is C12H19N3. The van der Waals surface area contributed by atoms with Crippen LogP contribution in [0.25, 0.3) is 0 Å². The fraction of sp³-hybridized carbons (Fsp3) is 0.583. The number of nitrogens with zero attached hydrogens (tertiary/aromatic N) is 2. The third-order valence-electron chi connectivity index (χ3n) is 3.29. The Bertz CT molecular complexity index is 318. The van der Waals surface area contributed by atoms with E-state index in [0.717, 1.165) is 11.4 Å². The van der Waals surface area contributed by atoms with Crippen LogP contribution in [0.2, 0.25) is 0 Å². The predicted octanol–water partition coefficient (Wildman–Crippen LogP) is 1.92. The minimum absolute atomic E-state index is 0.570. The van der Waals surface area contributed by atoms with Crippen LogP contribution in [0.4, 0.5) is 5.82 Å². The molecule has 3 heteroatoms. The van der Waals surface area contributed by atoms with Crippen LogP contribution in [0.15, 0.2) is 18.3 Å². The Morgan fingerprint density at radius 3 is 2.87 bits per heavy atom. The van der Waals surface area contributed by atoms with E-state index in [1.807, 2.05) is 12.3 Å². The van der Waals surface area contributed by atoms with Gasteiger partial charge in [0.1, 0.15) is 5.82 Å². The maximum Gasteiger partial charge on any atom is 0.132 e. The highest BCUT2D eigenvalue weighted by Gasteiger charge is 2.21. The summed E-state index contributed by atoms with van der Waals surface area (Å²) in [5.41, 5.74) is 6.87. The van der Waals surface area contributed by atoms with Gasteiger partial charge in [-0.3, -0.25) is 0 Å².